The van der Waals surface area contributed by atoms with Gasteiger partial charge >= 0.3 is 5.97 Å². The van der Waals surface area contributed by atoms with Crippen molar-refractivity contribution in [1.29, 1.82) is 0 Å². The minimum atomic E-state index is -0.715. The van der Waals surface area contributed by atoms with Crippen molar-refractivity contribution >= 4 is 58.5 Å². The first-order valence-corrected chi connectivity index (χ1v) is 10.6. The molecule has 2 aromatic carbocycles. The molecular weight excluding hydrogens is 483 g/mol. The van der Waals surface area contributed by atoms with E-state index in [-0.39, 0.29) is 27.2 Å². The highest BCUT2D eigenvalue weighted by Crippen LogP contribution is 2.29. The van der Waals surface area contributed by atoms with E-state index in [9.17, 15) is 18.8 Å². The van der Waals surface area contributed by atoms with Gasteiger partial charge in [-0.3, -0.25) is 19.8 Å². The number of esters is 1. The van der Waals surface area contributed by atoms with Gasteiger partial charge in [0.25, 0.3) is 11.8 Å². The Labute approximate surface area is 203 Å². The van der Waals surface area contributed by atoms with Crippen molar-refractivity contribution in [3.63, 3.8) is 0 Å². The van der Waals surface area contributed by atoms with Crippen LogP contribution in [0.4, 0.5) is 10.1 Å². The Balaban J connectivity index is 1.66. The molecule has 0 aliphatic carbocycles. The van der Waals surface area contributed by atoms with Crippen LogP contribution in [0, 0.1) is 12.7 Å². The maximum absolute atomic E-state index is 13.6. The summed E-state index contributed by atoms with van der Waals surface area (Å²) in [4.78, 5) is 38.4. The van der Waals surface area contributed by atoms with E-state index >= 15 is 0 Å². The van der Waals surface area contributed by atoms with Gasteiger partial charge < -0.3 is 9.15 Å². The Bertz CT molecular complexity index is 1400. The van der Waals surface area contributed by atoms with Crippen molar-refractivity contribution in [2.24, 2.45) is 0 Å². The maximum Gasteiger partial charge on any atom is 0.337 e. The van der Waals surface area contributed by atoms with Crippen molar-refractivity contribution < 1.29 is 27.9 Å². The number of hydrogen-bond donors (Lipinski definition) is 1. The van der Waals surface area contributed by atoms with Gasteiger partial charge in [-0.15, -0.1) is 0 Å². The highest BCUT2D eigenvalue weighted by atomic mass is 35.5. The molecule has 1 N–H and O–H groups in total. The van der Waals surface area contributed by atoms with E-state index < -0.39 is 23.6 Å². The molecule has 2 heterocycles. The van der Waals surface area contributed by atoms with Crippen molar-refractivity contribution in [2.75, 3.05) is 12.0 Å². The third kappa shape index (κ3) is 4.35. The molecule has 0 radical (unpaired) electrons. The van der Waals surface area contributed by atoms with E-state index in [1.165, 1.54) is 25.3 Å². The fourth-order valence-corrected chi connectivity index (χ4v) is 3.87. The third-order valence-electron chi connectivity index (χ3n) is 5.09. The molecule has 0 spiro atoms. The zero-order valence-electron chi connectivity index (χ0n) is 17.8. The molecule has 0 bridgehead atoms. The molecule has 1 aliphatic heterocycles. The number of carbonyl (C=O) groups is 3. The predicted molar refractivity (Wildman–Crippen MR) is 128 cm³/mol. The fraction of sp³-hybridized carbons (Fsp3) is 0.0833. The average molecular weight is 499 g/mol. The van der Waals surface area contributed by atoms with Gasteiger partial charge in [-0.25, -0.2) is 9.18 Å². The summed E-state index contributed by atoms with van der Waals surface area (Å²) in [7, 11) is 1.30. The van der Waals surface area contributed by atoms with E-state index in [4.69, 9.17) is 33.0 Å². The first-order chi connectivity index (χ1) is 16.2. The Morgan fingerprint density at radius 2 is 1.94 bits per heavy atom. The lowest BCUT2D eigenvalue weighted by Gasteiger charge is -2.28. The van der Waals surface area contributed by atoms with E-state index in [1.54, 1.807) is 30.3 Å². The first kappa shape index (κ1) is 23.3. The SMILES string of the molecule is COC(=O)c1ccc(-c2ccc(/C=C3\C(=O)NC(=S)N(c4ccc(F)c(Cl)c4)C3=O)o2)c(C)c1. The van der Waals surface area contributed by atoms with Gasteiger partial charge in [0.15, 0.2) is 5.11 Å². The lowest BCUT2D eigenvalue weighted by atomic mass is 10.0. The molecule has 0 unspecified atom stereocenters. The van der Waals surface area contributed by atoms with E-state index in [1.807, 2.05) is 6.92 Å². The monoisotopic (exact) mass is 498 g/mol. The second-order valence-corrected chi connectivity index (χ2v) is 8.07. The predicted octanol–water partition coefficient (Wildman–Crippen LogP) is 4.67. The second-order valence-electron chi connectivity index (χ2n) is 7.28. The molecule has 2 amide bonds. The molecule has 1 saturated heterocycles. The summed E-state index contributed by atoms with van der Waals surface area (Å²) in [5, 5.41) is 2.09. The number of aryl methyl sites for hydroxylation is 1. The number of halogens is 2. The average Bonchev–Trinajstić information content (AvgIpc) is 3.26. The van der Waals surface area contributed by atoms with Crippen LogP contribution < -0.4 is 10.2 Å². The normalized spacial score (nSPS) is 15.0. The number of anilines is 1. The minimum absolute atomic E-state index is 0.156. The molecular formula is C24H16ClFN2O5S. The Morgan fingerprint density at radius 3 is 2.62 bits per heavy atom. The first-order valence-electron chi connectivity index (χ1n) is 9.85. The van der Waals surface area contributed by atoms with E-state index in [0.29, 0.717) is 11.3 Å². The van der Waals surface area contributed by atoms with Crippen LogP contribution in [-0.4, -0.2) is 30.0 Å². The summed E-state index contributed by atoms with van der Waals surface area (Å²) in [5.74, 6) is -1.80. The zero-order valence-corrected chi connectivity index (χ0v) is 19.4. The third-order valence-corrected chi connectivity index (χ3v) is 5.66. The molecule has 172 valence electrons. The van der Waals surface area contributed by atoms with Gasteiger partial charge in [0.2, 0.25) is 0 Å². The minimum Gasteiger partial charge on any atom is -0.465 e. The molecule has 7 nitrogen and oxygen atoms in total. The smallest absolute Gasteiger partial charge is 0.337 e. The molecule has 4 rings (SSSR count). The van der Waals surface area contributed by atoms with E-state index in [0.717, 1.165) is 22.1 Å². The van der Waals surface area contributed by atoms with Crippen LogP contribution in [0.2, 0.25) is 5.02 Å². The van der Waals surface area contributed by atoms with Gasteiger partial charge in [0.1, 0.15) is 22.9 Å². The molecule has 1 fully saturated rings. The Morgan fingerprint density at radius 1 is 1.18 bits per heavy atom. The summed E-state index contributed by atoms with van der Waals surface area (Å²) in [6, 6.07) is 11.9. The molecule has 0 atom stereocenters. The summed E-state index contributed by atoms with van der Waals surface area (Å²) in [5.41, 5.74) is 1.87. The number of ether oxygens (including phenoxy) is 1. The van der Waals surface area contributed by atoms with Gasteiger partial charge in [-0.1, -0.05) is 17.7 Å². The molecule has 1 aromatic heterocycles. The van der Waals surface area contributed by atoms with Crippen LogP contribution >= 0.6 is 23.8 Å². The molecule has 10 heteroatoms. The highest BCUT2D eigenvalue weighted by Gasteiger charge is 2.35. The van der Waals surface area contributed by atoms with Crippen LogP contribution in [0.1, 0.15) is 21.7 Å². The van der Waals surface area contributed by atoms with Crippen molar-refractivity contribution in [3.8, 4) is 11.3 Å². The van der Waals surface area contributed by atoms with Crippen molar-refractivity contribution in [3.05, 3.63) is 81.8 Å². The largest absolute Gasteiger partial charge is 0.465 e. The number of furan rings is 1. The van der Waals surface area contributed by atoms with Crippen molar-refractivity contribution in [1.82, 2.24) is 5.32 Å². The fourth-order valence-electron chi connectivity index (χ4n) is 3.42. The van der Waals surface area contributed by atoms with Gasteiger partial charge in [0.05, 0.1) is 23.4 Å². The molecule has 1 aliphatic rings. The Kier molecular flexibility index (Phi) is 6.32. The second kappa shape index (κ2) is 9.20. The molecule has 3 aromatic rings. The molecule has 34 heavy (non-hydrogen) atoms. The number of nitrogens with zero attached hydrogens (tertiary/aromatic N) is 1. The number of rotatable bonds is 4. The number of carbonyl (C=O) groups excluding carboxylic acids is 3. The number of amides is 2. The van der Waals surface area contributed by atoms with Gasteiger partial charge in [-0.05, 0) is 73.2 Å². The lowest BCUT2D eigenvalue weighted by Crippen LogP contribution is -2.54. The summed E-state index contributed by atoms with van der Waals surface area (Å²) >= 11 is 11.0. The standard InChI is InChI=1S/C24H16ClFN2O5S/c1-12-9-13(23(31)32-2)3-6-16(12)20-8-5-15(33-20)11-17-21(29)27-24(34)28(22(17)30)14-4-7-19(26)18(25)10-14/h3-11H,1-2H3,(H,27,29,34)/b17-11+. The Hall–Kier alpha value is -3.82. The van der Waals surface area contributed by atoms with Gasteiger partial charge in [-0.2, -0.15) is 0 Å². The van der Waals surface area contributed by atoms with Crippen LogP contribution in [0.3, 0.4) is 0 Å². The quantitative estimate of drug-likeness (QED) is 0.243. The highest BCUT2D eigenvalue weighted by molar-refractivity contribution is 7.80. The van der Waals surface area contributed by atoms with Crippen molar-refractivity contribution in [2.45, 2.75) is 6.92 Å². The topological polar surface area (TPSA) is 88.9 Å². The summed E-state index contributed by atoms with van der Waals surface area (Å²) in [6.45, 7) is 1.81. The van der Waals surface area contributed by atoms with Crippen LogP contribution in [-0.2, 0) is 14.3 Å². The van der Waals surface area contributed by atoms with Crippen LogP contribution in [0.15, 0.2) is 58.5 Å². The van der Waals surface area contributed by atoms with E-state index in [2.05, 4.69) is 5.32 Å². The van der Waals surface area contributed by atoms with Crippen LogP contribution in [0.5, 0.6) is 0 Å². The lowest BCUT2D eigenvalue weighted by molar-refractivity contribution is -0.122. The van der Waals surface area contributed by atoms with Gasteiger partial charge in [0, 0.05) is 5.56 Å². The van der Waals surface area contributed by atoms with Crippen LogP contribution in [0.25, 0.3) is 17.4 Å². The maximum atomic E-state index is 13.6. The summed E-state index contributed by atoms with van der Waals surface area (Å²) < 4.78 is 24.1. The number of methoxy groups -OCH3 is 1. The zero-order chi connectivity index (χ0) is 24.6. The number of thiocarbonyl (C=S) groups is 1. The number of hydrogen-bond acceptors (Lipinski definition) is 6. The summed E-state index contributed by atoms with van der Waals surface area (Å²) in [6.07, 6.45) is 1.29. The number of benzene rings is 2. The number of nitrogens with one attached hydrogen (secondary N) is 1. The molecule has 0 saturated carbocycles.